The Morgan fingerprint density at radius 2 is 1.19 bits per heavy atom. The number of hydrogen-bond donors (Lipinski definition) is 6. The number of hydrogen-bond acceptors (Lipinski definition) is 16. The average molecular weight is 1230 g/mol. The molecule has 0 spiro atoms. The van der Waals surface area contributed by atoms with Crippen LogP contribution in [0.4, 0.5) is 20.1 Å². The molecule has 3 rings (SSSR count). The number of nitrogens with zero attached hydrogens (tertiary/aromatic N) is 3. The molecule has 0 aliphatic heterocycles. The van der Waals surface area contributed by atoms with Crippen molar-refractivity contribution in [2.24, 2.45) is 11.3 Å². The molecule has 88 heavy (non-hydrogen) atoms. The minimum absolute atomic E-state index is 0.00391. The Labute approximate surface area is 521 Å². The minimum Gasteiger partial charge on any atom is -0.460 e. The van der Waals surface area contributed by atoms with Crippen LogP contribution in [0.15, 0.2) is 60.8 Å². The van der Waals surface area contributed by atoms with Crippen LogP contribution in [0.1, 0.15) is 185 Å². The lowest BCUT2D eigenvalue weighted by Crippen LogP contribution is -2.53. The molecule has 6 amide bonds. The number of ether oxygens (including phenoxy) is 6. The number of alkyl carbamates (subject to hydrolysis) is 1. The minimum atomic E-state index is -0.961. The summed E-state index contributed by atoms with van der Waals surface area (Å²) < 4.78 is 35.3. The topological polar surface area (TPSA) is 295 Å². The van der Waals surface area contributed by atoms with Crippen LogP contribution in [0.3, 0.4) is 0 Å². The molecule has 0 bridgehead atoms. The van der Waals surface area contributed by atoms with Crippen molar-refractivity contribution in [1.82, 2.24) is 41.6 Å². The van der Waals surface area contributed by atoms with Gasteiger partial charge in [0.2, 0.25) is 5.91 Å². The predicted octanol–water partition coefficient (Wildman–Crippen LogP) is 10.3. The molecular weight excluding hydrogens is 1130 g/mol. The number of aromatic nitrogens is 3. The highest BCUT2D eigenvalue weighted by Crippen LogP contribution is 2.25. The van der Waals surface area contributed by atoms with Gasteiger partial charge in [0.1, 0.15) is 41.3 Å². The van der Waals surface area contributed by atoms with E-state index >= 15 is 0 Å². The SMILES string of the molecule is CCCCC[C@H](CC(=O)CCOCCOCCn1nncc1-c1cccc(NC(=O)NCCCC[C@H](NC(=O)N[C@@H](CCC(=O)OC(C)(C)C)C(C)(C)C)C(=O)OC(C)(C)C)c1)C(=O)N[C@@H](CCCCNC(=O)OCc1ccccc1)C(=O)OC(C)(C)C. The fourth-order valence-electron chi connectivity index (χ4n) is 8.96. The molecule has 23 nitrogen and oxygen atoms in total. The highest BCUT2D eigenvalue weighted by molar-refractivity contribution is 5.91. The lowest BCUT2D eigenvalue weighted by atomic mass is 9.84. The van der Waals surface area contributed by atoms with Crippen LogP contribution in [0.2, 0.25) is 0 Å². The number of esters is 3. The number of Topliss-reactive ketones (excluding diaryl/α,β-unsaturated/α-hetero) is 1. The van der Waals surface area contributed by atoms with Crippen molar-refractivity contribution in [1.29, 1.82) is 0 Å². The van der Waals surface area contributed by atoms with Crippen LogP contribution in [-0.2, 0) is 65.5 Å². The molecule has 0 saturated heterocycles. The van der Waals surface area contributed by atoms with Gasteiger partial charge in [0.15, 0.2) is 0 Å². The Hall–Kier alpha value is -7.14. The number of rotatable bonds is 38. The van der Waals surface area contributed by atoms with Crippen LogP contribution in [0, 0.1) is 11.3 Å². The summed E-state index contributed by atoms with van der Waals surface area (Å²) in [5, 5.41) is 25.4. The van der Waals surface area contributed by atoms with E-state index < -0.39 is 76.4 Å². The summed E-state index contributed by atoms with van der Waals surface area (Å²) in [7, 11) is 0. The third-order valence-electron chi connectivity index (χ3n) is 13.4. The molecule has 0 fully saturated rings. The lowest BCUT2D eigenvalue weighted by molar-refractivity contribution is -0.159. The van der Waals surface area contributed by atoms with E-state index in [4.69, 9.17) is 28.4 Å². The number of ketones is 1. The lowest BCUT2D eigenvalue weighted by Gasteiger charge is -2.32. The quantitative estimate of drug-likeness (QED) is 0.0177. The van der Waals surface area contributed by atoms with Crippen LogP contribution >= 0.6 is 0 Å². The van der Waals surface area contributed by atoms with Crippen LogP contribution < -0.4 is 31.9 Å². The van der Waals surface area contributed by atoms with Gasteiger partial charge in [-0.15, -0.1) is 5.10 Å². The maximum absolute atomic E-state index is 13.8. The molecule has 0 aliphatic carbocycles. The Morgan fingerprint density at radius 3 is 1.81 bits per heavy atom. The van der Waals surface area contributed by atoms with Crippen molar-refractivity contribution in [3.63, 3.8) is 0 Å². The van der Waals surface area contributed by atoms with Crippen LogP contribution in [0.5, 0.6) is 0 Å². The van der Waals surface area contributed by atoms with Gasteiger partial charge >= 0.3 is 36.1 Å². The summed E-state index contributed by atoms with van der Waals surface area (Å²) in [6, 6.07) is 13.3. The maximum atomic E-state index is 13.8. The van der Waals surface area contributed by atoms with Crippen molar-refractivity contribution in [3.05, 3.63) is 66.4 Å². The van der Waals surface area contributed by atoms with E-state index in [1.807, 2.05) is 57.2 Å². The Bertz CT molecular complexity index is 2620. The number of unbranched alkanes of at least 4 members (excludes halogenated alkanes) is 4. The molecular formula is C65H103N9O14. The maximum Gasteiger partial charge on any atom is 0.407 e. The predicted molar refractivity (Wildman–Crippen MR) is 336 cm³/mol. The Morgan fingerprint density at radius 1 is 0.591 bits per heavy atom. The van der Waals surface area contributed by atoms with Crippen LogP contribution in [-0.4, -0.2) is 137 Å². The number of amides is 6. The Kier molecular flexibility index (Phi) is 32.7. The van der Waals surface area contributed by atoms with Gasteiger partial charge in [-0.3, -0.25) is 14.4 Å². The van der Waals surface area contributed by atoms with Gasteiger partial charge in [0.05, 0.1) is 44.9 Å². The second kappa shape index (κ2) is 38.3. The standard InChI is InChI=1S/C65H103N9O14/c1-14-15-17-27-48(56(77)70-51(57(78)87-64(8,9)10)30-21-23-36-67-61(82)85-45-46-25-18-16-19-26-46)43-50(75)34-38-83-40-41-84-39-37-74-53(44-68-73-74)47-28-24-29-49(42-47)69-59(80)66-35-22-20-31-52(58(79)88-65(11,12)13)71-60(81)72-54(62(2,3)4)32-33-55(76)86-63(5,6)7/h16,18-19,24-26,28-29,42,44,48,51-52,54H,14-15,17,20-23,27,30-41,43,45H2,1-13H3,(H,67,82)(H,70,77)(H2,66,69,80)(H2,71,72,81)/t48-,51+,52+,54+/m1/s1. The molecule has 492 valence electrons. The first-order valence-corrected chi connectivity index (χ1v) is 31.1. The highest BCUT2D eigenvalue weighted by Gasteiger charge is 2.33. The summed E-state index contributed by atoms with van der Waals surface area (Å²) in [6.45, 7) is 25.9. The van der Waals surface area contributed by atoms with Crippen molar-refractivity contribution in [2.75, 3.05) is 44.8 Å². The van der Waals surface area contributed by atoms with Crippen molar-refractivity contribution in [2.45, 2.75) is 228 Å². The first-order chi connectivity index (χ1) is 41.4. The smallest absolute Gasteiger partial charge is 0.407 e. The van der Waals surface area contributed by atoms with Crippen LogP contribution in [0.25, 0.3) is 11.3 Å². The molecule has 0 radical (unpaired) electrons. The highest BCUT2D eigenvalue weighted by atomic mass is 16.6. The largest absolute Gasteiger partial charge is 0.460 e. The molecule has 0 saturated carbocycles. The number of benzene rings is 2. The summed E-state index contributed by atoms with van der Waals surface area (Å²) in [6.07, 6.45) is 7.23. The zero-order chi connectivity index (χ0) is 65.3. The van der Waals surface area contributed by atoms with Gasteiger partial charge in [-0.05, 0) is 137 Å². The molecule has 4 atom stereocenters. The van der Waals surface area contributed by atoms with Crippen molar-refractivity contribution < 1.29 is 66.8 Å². The van der Waals surface area contributed by atoms with E-state index in [9.17, 15) is 38.4 Å². The third-order valence-corrected chi connectivity index (χ3v) is 13.4. The number of carbonyl (C=O) groups excluding carboxylic acids is 8. The first-order valence-electron chi connectivity index (χ1n) is 31.1. The fourth-order valence-corrected chi connectivity index (χ4v) is 8.96. The van der Waals surface area contributed by atoms with Gasteiger partial charge in [-0.1, -0.05) is 94.6 Å². The second-order valence-electron chi connectivity index (χ2n) is 26.0. The summed E-state index contributed by atoms with van der Waals surface area (Å²) >= 11 is 0. The molecule has 0 unspecified atom stereocenters. The van der Waals surface area contributed by atoms with E-state index in [2.05, 4.69) is 49.1 Å². The monoisotopic (exact) mass is 1230 g/mol. The number of anilines is 1. The molecule has 3 aromatic rings. The van der Waals surface area contributed by atoms with Gasteiger partial charge in [-0.2, -0.15) is 0 Å². The zero-order valence-electron chi connectivity index (χ0n) is 54.7. The van der Waals surface area contributed by atoms with Gasteiger partial charge in [-0.25, -0.2) is 28.7 Å². The molecule has 0 aliphatic rings. The molecule has 23 heteroatoms. The molecule has 1 heterocycles. The summed E-state index contributed by atoms with van der Waals surface area (Å²) in [5.74, 6) is -2.65. The van der Waals surface area contributed by atoms with Crippen molar-refractivity contribution >= 4 is 53.4 Å². The van der Waals surface area contributed by atoms with E-state index in [0.717, 1.165) is 30.4 Å². The van der Waals surface area contributed by atoms with Gasteiger partial charge < -0.3 is 60.3 Å². The van der Waals surface area contributed by atoms with Gasteiger partial charge in [0, 0.05) is 55.6 Å². The zero-order valence-corrected chi connectivity index (χ0v) is 54.7. The number of urea groups is 2. The van der Waals surface area contributed by atoms with E-state index in [0.29, 0.717) is 63.0 Å². The van der Waals surface area contributed by atoms with Crippen molar-refractivity contribution in [3.8, 4) is 11.3 Å². The van der Waals surface area contributed by atoms with E-state index in [-0.39, 0.29) is 89.3 Å². The van der Waals surface area contributed by atoms with Gasteiger partial charge in [0.25, 0.3) is 0 Å². The molecule has 6 N–H and O–H groups in total. The molecule has 2 aromatic carbocycles. The second-order valence-corrected chi connectivity index (χ2v) is 26.0. The number of carbonyl (C=O) groups is 8. The molecule has 1 aromatic heterocycles. The number of nitrogens with one attached hydrogen (secondary N) is 6. The average Bonchev–Trinajstić information content (AvgIpc) is 4.04. The third kappa shape index (κ3) is 33.3. The normalized spacial score (nSPS) is 13.2. The van der Waals surface area contributed by atoms with E-state index in [1.54, 1.807) is 91.4 Å². The fraction of sp³-hybridized carbons (Fsp3) is 0.662. The van der Waals surface area contributed by atoms with E-state index in [1.165, 1.54) is 0 Å². The Balaban J connectivity index is 1.42. The summed E-state index contributed by atoms with van der Waals surface area (Å²) in [5.41, 5.74) is 0.249. The first kappa shape index (κ1) is 75.1. The summed E-state index contributed by atoms with van der Waals surface area (Å²) in [4.78, 5) is 105.